The number of hydrogen-bond donors (Lipinski definition) is 1. The van der Waals surface area contributed by atoms with Crippen LogP contribution >= 0.6 is 15.9 Å². The zero-order chi connectivity index (χ0) is 13.8. The number of nitrogens with zero attached hydrogens (tertiary/aromatic N) is 1. The lowest BCUT2D eigenvalue weighted by Crippen LogP contribution is -2.48. The Morgan fingerprint density at radius 3 is 2.79 bits per heavy atom. The van der Waals surface area contributed by atoms with Crippen LogP contribution in [-0.2, 0) is 10.3 Å². The standard InChI is InChI=1S/C14H15BrN2O2/c1-8-16-12(18)14(17-8)7-13(2,3)19-11-5-4-9(15)6-10(11)14/h4-6H,7H2,1-3H3,(H,16,17,18). The van der Waals surface area contributed by atoms with Crippen molar-refractivity contribution in [2.75, 3.05) is 0 Å². The van der Waals surface area contributed by atoms with E-state index in [1.807, 2.05) is 39.0 Å². The van der Waals surface area contributed by atoms with Crippen LogP contribution in [0.25, 0.3) is 0 Å². The van der Waals surface area contributed by atoms with Crippen molar-refractivity contribution in [1.29, 1.82) is 0 Å². The minimum absolute atomic E-state index is 0.0688. The lowest BCUT2D eigenvalue weighted by Gasteiger charge is -2.40. The molecule has 3 rings (SSSR count). The van der Waals surface area contributed by atoms with Crippen LogP contribution in [0.2, 0.25) is 0 Å². The molecular weight excluding hydrogens is 308 g/mol. The van der Waals surface area contributed by atoms with E-state index in [1.54, 1.807) is 0 Å². The molecule has 1 amide bonds. The van der Waals surface area contributed by atoms with E-state index in [2.05, 4.69) is 26.2 Å². The minimum atomic E-state index is -0.856. The van der Waals surface area contributed by atoms with Gasteiger partial charge in [-0.3, -0.25) is 9.79 Å². The molecule has 5 heteroatoms. The van der Waals surface area contributed by atoms with E-state index < -0.39 is 11.1 Å². The second-order valence-electron chi connectivity index (χ2n) is 5.69. The smallest absolute Gasteiger partial charge is 0.258 e. The van der Waals surface area contributed by atoms with Crippen LogP contribution in [-0.4, -0.2) is 17.3 Å². The maximum absolute atomic E-state index is 12.4. The average Bonchev–Trinajstić information content (AvgIpc) is 2.54. The number of carbonyl (C=O) groups is 1. The van der Waals surface area contributed by atoms with Crippen molar-refractivity contribution in [1.82, 2.24) is 5.32 Å². The number of aliphatic imine (C=N–C) groups is 1. The number of amides is 1. The summed E-state index contributed by atoms with van der Waals surface area (Å²) in [6, 6.07) is 5.72. The second kappa shape index (κ2) is 3.82. The van der Waals surface area contributed by atoms with Gasteiger partial charge in [0.1, 0.15) is 17.2 Å². The lowest BCUT2D eigenvalue weighted by molar-refractivity contribution is -0.127. The molecule has 2 aliphatic rings. The van der Waals surface area contributed by atoms with Crippen molar-refractivity contribution >= 4 is 27.7 Å². The number of halogens is 1. The molecule has 1 N–H and O–H groups in total. The molecule has 2 heterocycles. The number of carbonyl (C=O) groups excluding carboxylic acids is 1. The first-order valence-electron chi connectivity index (χ1n) is 6.19. The van der Waals surface area contributed by atoms with Crippen LogP contribution in [0.15, 0.2) is 27.7 Å². The molecule has 0 bridgehead atoms. The summed E-state index contributed by atoms with van der Waals surface area (Å²) in [5, 5.41) is 2.82. The summed E-state index contributed by atoms with van der Waals surface area (Å²) in [7, 11) is 0. The number of rotatable bonds is 0. The van der Waals surface area contributed by atoms with Gasteiger partial charge < -0.3 is 10.1 Å². The Hall–Kier alpha value is -1.36. The van der Waals surface area contributed by atoms with Crippen molar-refractivity contribution in [2.24, 2.45) is 4.99 Å². The van der Waals surface area contributed by atoms with Gasteiger partial charge in [0.05, 0.1) is 0 Å². The number of amidine groups is 1. The Labute approximate surface area is 120 Å². The fourth-order valence-corrected chi connectivity index (χ4v) is 3.26. The van der Waals surface area contributed by atoms with Gasteiger partial charge in [-0.15, -0.1) is 0 Å². The van der Waals surface area contributed by atoms with E-state index in [0.29, 0.717) is 12.3 Å². The van der Waals surface area contributed by atoms with E-state index in [-0.39, 0.29) is 5.91 Å². The van der Waals surface area contributed by atoms with Gasteiger partial charge in [0.15, 0.2) is 5.54 Å². The van der Waals surface area contributed by atoms with Gasteiger partial charge in [0, 0.05) is 16.5 Å². The molecule has 0 aromatic heterocycles. The maximum Gasteiger partial charge on any atom is 0.258 e. The average molecular weight is 323 g/mol. The van der Waals surface area contributed by atoms with E-state index in [4.69, 9.17) is 4.74 Å². The predicted molar refractivity (Wildman–Crippen MR) is 76.4 cm³/mol. The highest BCUT2D eigenvalue weighted by molar-refractivity contribution is 9.10. The highest BCUT2D eigenvalue weighted by atomic mass is 79.9. The molecule has 1 aromatic rings. The molecule has 1 spiro atoms. The third kappa shape index (κ3) is 1.87. The first-order chi connectivity index (χ1) is 8.82. The molecular formula is C14H15BrN2O2. The van der Waals surface area contributed by atoms with Gasteiger partial charge >= 0.3 is 0 Å². The predicted octanol–water partition coefficient (Wildman–Crippen LogP) is 2.75. The molecule has 1 aromatic carbocycles. The molecule has 1 atom stereocenters. The highest BCUT2D eigenvalue weighted by Crippen LogP contribution is 2.48. The molecule has 0 aliphatic carbocycles. The maximum atomic E-state index is 12.4. The van der Waals surface area contributed by atoms with Gasteiger partial charge in [-0.25, -0.2) is 0 Å². The summed E-state index contributed by atoms with van der Waals surface area (Å²) in [5.41, 5.74) is -0.451. The number of hydrogen-bond acceptors (Lipinski definition) is 3. The summed E-state index contributed by atoms with van der Waals surface area (Å²) in [5.74, 6) is 1.32. The van der Waals surface area contributed by atoms with Crippen LogP contribution in [0.1, 0.15) is 32.8 Å². The molecule has 19 heavy (non-hydrogen) atoms. The monoisotopic (exact) mass is 322 g/mol. The van der Waals surface area contributed by atoms with Gasteiger partial charge in [-0.05, 0) is 39.0 Å². The molecule has 4 nitrogen and oxygen atoms in total. The first-order valence-corrected chi connectivity index (χ1v) is 6.99. The topological polar surface area (TPSA) is 50.7 Å². The Morgan fingerprint density at radius 2 is 2.16 bits per heavy atom. The van der Waals surface area contributed by atoms with Crippen molar-refractivity contribution < 1.29 is 9.53 Å². The summed E-state index contributed by atoms with van der Waals surface area (Å²) in [6.07, 6.45) is 0.534. The molecule has 0 saturated carbocycles. The van der Waals surface area contributed by atoms with E-state index >= 15 is 0 Å². The Morgan fingerprint density at radius 1 is 1.42 bits per heavy atom. The van der Waals surface area contributed by atoms with Gasteiger partial charge in [-0.2, -0.15) is 0 Å². The third-order valence-electron chi connectivity index (χ3n) is 3.48. The van der Waals surface area contributed by atoms with Crippen LogP contribution < -0.4 is 10.1 Å². The Balaban J connectivity index is 2.26. The zero-order valence-electron chi connectivity index (χ0n) is 11.1. The lowest BCUT2D eigenvalue weighted by atomic mass is 9.78. The van der Waals surface area contributed by atoms with Gasteiger partial charge in [0.25, 0.3) is 5.91 Å². The van der Waals surface area contributed by atoms with Crippen LogP contribution in [0.4, 0.5) is 0 Å². The fraction of sp³-hybridized carbons (Fsp3) is 0.429. The van der Waals surface area contributed by atoms with Crippen LogP contribution in [0.3, 0.4) is 0 Å². The summed E-state index contributed by atoms with van der Waals surface area (Å²) in [4.78, 5) is 17.0. The second-order valence-corrected chi connectivity index (χ2v) is 6.61. The number of benzene rings is 1. The molecule has 1 unspecified atom stereocenters. The van der Waals surface area contributed by atoms with Crippen molar-refractivity contribution in [3.8, 4) is 5.75 Å². The molecule has 0 fully saturated rings. The SMILES string of the molecule is CC1=NC2(CC(C)(C)Oc3ccc(Br)cc32)C(=O)N1. The van der Waals surface area contributed by atoms with Gasteiger partial charge in [0.2, 0.25) is 0 Å². The molecule has 0 radical (unpaired) electrons. The first kappa shape index (κ1) is 12.7. The van der Waals surface area contributed by atoms with Crippen molar-refractivity contribution in [3.63, 3.8) is 0 Å². The minimum Gasteiger partial charge on any atom is -0.487 e. The molecule has 0 saturated heterocycles. The van der Waals surface area contributed by atoms with Gasteiger partial charge in [-0.1, -0.05) is 15.9 Å². The molecule has 2 aliphatic heterocycles. The highest BCUT2D eigenvalue weighted by Gasteiger charge is 2.53. The zero-order valence-corrected chi connectivity index (χ0v) is 12.7. The van der Waals surface area contributed by atoms with E-state index in [0.717, 1.165) is 15.8 Å². The Bertz CT molecular complexity index is 609. The molecule has 100 valence electrons. The fourth-order valence-electron chi connectivity index (χ4n) is 2.89. The number of fused-ring (bicyclic) bond motifs is 2. The summed E-state index contributed by atoms with van der Waals surface area (Å²) in [6.45, 7) is 5.78. The normalized spacial score (nSPS) is 27.6. The number of nitrogens with one attached hydrogen (secondary N) is 1. The largest absolute Gasteiger partial charge is 0.487 e. The van der Waals surface area contributed by atoms with E-state index in [9.17, 15) is 4.79 Å². The summed E-state index contributed by atoms with van der Waals surface area (Å²) >= 11 is 3.45. The van der Waals surface area contributed by atoms with Crippen LogP contribution in [0, 0.1) is 0 Å². The quantitative estimate of drug-likeness (QED) is 0.798. The van der Waals surface area contributed by atoms with Crippen LogP contribution in [0.5, 0.6) is 5.75 Å². The third-order valence-corrected chi connectivity index (χ3v) is 3.98. The van der Waals surface area contributed by atoms with Crippen molar-refractivity contribution in [2.45, 2.75) is 38.3 Å². The number of ether oxygens (including phenoxy) is 1. The van der Waals surface area contributed by atoms with E-state index in [1.165, 1.54) is 0 Å². The summed E-state index contributed by atoms with van der Waals surface area (Å²) < 4.78 is 6.89. The Kier molecular flexibility index (Phi) is 2.55. The van der Waals surface area contributed by atoms with Crippen molar-refractivity contribution in [3.05, 3.63) is 28.2 Å².